The molecule has 1 aliphatic heterocycles. The second-order valence-corrected chi connectivity index (χ2v) is 10.2. The molecule has 0 aliphatic carbocycles. The molecular weight excluding hydrogens is 444 g/mol. The maximum Gasteiger partial charge on any atom is 0.269 e. The molecule has 33 heavy (non-hydrogen) atoms. The highest BCUT2D eigenvalue weighted by Crippen LogP contribution is 2.25. The lowest BCUT2D eigenvalue weighted by Crippen LogP contribution is -2.41. The smallest absolute Gasteiger partial charge is 0.269 e. The number of piperidine rings is 1. The molecule has 1 fully saturated rings. The fraction of sp³-hybridized carbons (Fsp3) is 0.435. The first-order valence-corrected chi connectivity index (χ1v) is 12.5. The van der Waals surface area contributed by atoms with Gasteiger partial charge in [0.1, 0.15) is 6.54 Å². The summed E-state index contributed by atoms with van der Waals surface area (Å²) in [5, 5.41) is 13.8. The Morgan fingerprint density at radius 1 is 1.12 bits per heavy atom. The van der Waals surface area contributed by atoms with Gasteiger partial charge < -0.3 is 10.2 Å². The molecule has 0 saturated carbocycles. The van der Waals surface area contributed by atoms with Crippen LogP contribution in [0.1, 0.15) is 26.2 Å². The summed E-state index contributed by atoms with van der Waals surface area (Å²) in [5.41, 5.74) is 0.0226. The topological polar surface area (TPSA) is 113 Å². The van der Waals surface area contributed by atoms with Crippen molar-refractivity contribution in [2.75, 3.05) is 37.0 Å². The van der Waals surface area contributed by atoms with E-state index in [1.165, 1.54) is 49.2 Å². The number of rotatable bonds is 10. The van der Waals surface area contributed by atoms with Gasteiger partial charge in [-0.2, -0.15) is 0 Å². The lowest BCUT2D eigenvalue weighted by molar-refractivity contribution is -0.384. The maximum atomic E-state index is 13.3. The average molecular weight is 475 g/mol. The highest BCUT2D eigenvalue weighted by atomic mass is 32.2. The van der Waals surface area contributed by atoms with Gasteiger partial charge in [-0.3, -0.25) is 19.2 Å². The molecule has 9 nitrogen and oxygen atoms in total. The summed E-state index contributed by atoms with van der Waals surface area (Å²) in [7, 11) is -4.04. The van der Waals surface area contributed by atoms with E-state index in [1.54, 1.807) is 18.2 Å². The van der Waals surface area contributed by atoms with Crippen LogP contribution in [0.15, 0.2) is 59.5 Å². The van der Waals surface area contributed by atoms with E-state index in [0.29, 0.717) is 6.54 Å². The fourth-order valence-electron chi connectivity index (χ4n) is 3.78. The number of benzene rings is 2. The Kier molecular flexibility index (Phi) is 8.40. The molecule has 0 atom stereocenters. The number of non-ortho nitro benzene ring substituents is 1. The van der Waals surface area contributed by atoms with Gasteiger partial charge in [0.2, 0.25) is 5.91 Å². The predicted octanol–water partition coefficient (Wildman–Crippen LogP) is 3.03. The van der Waals surface area contributed by atoms with Crippen LogP contribution in [0.3, 0.4) is 0 Å². The summed E-state index contributed by atoms with van der Waals surface area (Å²) >= 11 is 0. The van der Waals surface area contributed by atoms with Gasteiger partial charge in [-0.05, 0) is 69.1 Å². The van der Waals surface area contributed by atoms with Crippen LogP contribution in [0.4, 0.5) is 11.4 Å². The molecule has 10 heteroatoms. The van der Waals surface area contributed by atoms with Crippen molar-refractivity contribution in [2.45, 2.75) is 31.1 Å². The van der Waals surface area contributed by atoms with Crippen molar-refractivity contribution in [1.29, 1.82) is 0 Å². The predicted molar refractivity (Wildman–Crippen MR) is 127 cm³/mol. The number of amides is 1. The Bertz CT molecular complexity index is 1040. The molecule has 0 radical (unpaired) electrons. The quantitative estimate of drug-likeness (QED) is 0.322. The first-order valence-electron chi connectivity index (χ1n) is 11.1. The Hall–Kier alpha value is -2.98. The van der Waals surface area contributed by atoms with Crippen LogP contribution in [-0.2, 0) is 14.8 Å². The SMILES string of the molecule is CC1CCN(CCCNC(=O)CN(c2ccc([N+](=O)[O-])cc2)S(=O)(=O)c2ccccc2)CC1. The van der Waals surface area contributed by atoms with Gasteiger partial charge in [-0.15, -0.1) is 0 Å². The van der Waals surface area contributed by atoms with Crippen molar-refractivity contribution in [3.05, 3.63) is 64.7 Å². The molecule has 2 aromatic carbocycles. The van der Waals surface area contributed by atoms with Crippen molar-refractivity contribution in [2.24, 2.45) is 5.92 Å². The Labute approximate surface area is 194 Å². The van der Waals surface area contributed by atoms with Crippen molar-refractivity contribution in [3.63, 3.8) is 0 Å². The number of nitro groups is 1. The van der Waals surface area contributed by atoms with E-state index in [1.807, 2.05) is 0 Å². The summed E-state index contributed by atoms with van der Waals surface area (Å²) in [6.07, 6.45) is 3.16. The molecule has 178 valence electrons. The lowest BCUT2D eigenvalue weighted by Gasteiger charge is -2.30. The number of likely N-dealkylation sites (tertiary alicyclic amines) is 1. The molecule has 3 rings (SSSR count). The summed E-state index contributed by atoms with van der Waals surface area (Å²) in [4.78, 5) is 25.5. The molecule has 0 spiro atoms. The van der Waals surface area contributed by atoms with Gasteiger partial charge in [0.05, 0.1) is 15.5 Å². The maximum absolute atomic E-state index is 13.3. The number of nitro benzene ring substituents is 1. The first-order chi connectivity index (χ1) is 15.8. The molecular formula is C23H30N4O5S. The van der Waals surface area contributed by atoms with Crippen molar-refractivity contribution < 1.29 is 18.1 Å². The number of anilines is 1. The van der Waals surface area contributed by atoms with E-state index >= 15 is 0 Å². The van der Waals surface area contributed by atoms with E-state index in [2.05, 4.69) is 17.1 Å². The zero-order valence-corrected chi connectivity index (χ0v) is 19.5. The number of hydrogen-bond donors (Lipinski definition) is 1. The van der Waals surface area contributed by atoms with Crippen LogP contribution in [0, 0.1) is 16.0 Å². The highest BCUT2D eigenvalue weighted by molar-refractivity contribution is 7.92. The van der Waals surface area contributed by atoms with Gasteiger partial charge in [-0.25, -0.2) is 8.42 Å². The highest BCUT2D eigenvalue weighted by Gasteiger charge is 2.27. The largest absolute Gasteiger partial charge is 0.354 e. The van der Waals surface area contributed by atoms with Crippen molar-refractivity contribution in [3.8, 4) is 0 Å². The van der Waals surface area contributed by atoms with Crippen LogP contribution >= 0.6 is 0 Å². The number of nitrogens with one attached hydrogen (secondary N) is 1. The average Bonchev–Trinajstić information content (AvgIpc) is 2.82. The number of carbonyl (C=O) groups is 1. The molecule has 0 unspecified atom stereocenters. The molecule has 0 aromatic heterocycles. The van der Waals surface area contributed by atoms with Gasteiger partial charge in [0.25, 0.3) is 15.7 Å². The third-order valence-electron chi connectivity index (χ3n) is 5.82. The third kappa shape index (κ3) is 6.75. The van der Waals surface area contributed by atoms with Crippen LogP contribution in [-0.4, -0.2) is 56.9 Å². The monoisotopic (exact) mass is 474 g/mol. The molecule has 1 amide bonds. The Balaban J connectivity index is 1.66. The number of carbonyl (C=O) groups excluding carboxylic acids is 1. The minimum atomic E-state index is -4.04. The molecule has 0 bridgehead atoms. The normalized spacial score (nSPS) is 15.2. The molecule has 1 N–H and O–H groups in total. The number of sulfonamides is 1. The number of hydrogen-bond acceptors (Lipinski definition) is 6. The molecule has 1 saturated heterocycles. The van der Waals surface area contributed by atoms with Crippen molar-refractivity contribution in [1.82, 2.24) is 10.2 Å². The minimum Gasteiger partial charge on any atom is -0.354 e. The fourth-order valence-corrected chi connectivity index (χ4v) is 5.22. The first kappa shape index (κ1) is 24.7. The molecule has 1 aliphatic rings. The second kappa shape index (κ2) is 11.2. The van der Waals surface area contributed by atoms with Crippen LogP contribution in [0.2, 0.25) is 0 Å². The molecule has 1 heterocycles. The van der Waals surface area contributed by atoms with E-state index in [-0.39, 0.29) is 16.3 Å². The zero-order chi connectivity index (χ0) is 23.8. The van der Waals surface area contributed by atoms with Gasteiger partial charge in [-0.1, -0.05) is 25.1 Å². The Morgan fingerprint density at radius 2 is 1.76 bits per heavy atom. The van der Waals surface area contributed by atoms with Crippen LogP contribution in [0.25, 0.3) is 0 Å². The second-order valence-electron chi connectivity index (χ2n) is 8.33. The van der Waals surface area contributed by atoms with E-state index in [4.69, 9.17) is 0 Å². The van der Waals surface area contributed by atoms with E-state index < -0.39 is 27.4 Å². The van der Waals surface area contributed by atoms with Crippen LogP contribution in [0.5, 0.6) is 0 Å². The minimum absolute atomic E-state index is 0.0375. The van der Waals surface area contributed by atoms with Gasteiger partial charge in [0, 0.05) is 18.7 Å². The van der Waals surface area contributed by atoms with Crippen LogP contribution < -0.4 is 9.62 Å². The summed E-state index contributed by atoms with van der Waals surface area (Å²) in [6.45, 7) is 5.32. The Morgan fingerprint density at radius 3 is 2.36 bits per heavy atom. The summed E-state index contributed by atoms with van der Waals surface area (Å²) < 4.78 is 27.5. The third-order valence-corrected chi connectivity index (χ3v) is 7.60. The lowest BCUT2D eigenvalue weighted by atomic mass is 9.99. The van der Waals surface area contributed by atoms with Crippen molar-refractivity contribution >= 4 is 27.3 Å². The zero-order valence-electron chi connectivity index (χ0n) is 18.7. The van der Waals surface area contributed by atoms with Gasteiger partial charge >= 0.3 is 0 Å². The standard InChI is InChI=1S/C23H30N4O5S/c1-19-12-16-25(17-13-19)15-5-14-24-23(28)18-26(20-8-10-21(11-9-20)27(29)30)33(31,32)22-6-3-2-4-7-22/h2-4,6-11,19H,5,12-18H2,1H3,(H,24,28). The van der Waals surface area contributed by atoms with E-state index in [0.717, 1.165) is 36.3 Å². The van der Waals surface area contributed by atoms with Gasteiger partial charge in [0.15, 0.2) is 0 Å². The number of nitrogens with zero attached hydrogens (tertiary/aromatic N) is 3. The molecule has 2 aromatic rings. The summed E-state index contributed by atoms with van der Waals surface area (Å²) in [6, 6.07) is 12.9. The van der Waals surface area contributed by atoms with E-state index in [9.17, 15) is 23.3 Å². The summed E-state index contributed by atoms with van der Waals surface area (Å²) in [5.74, 6) is 0.332.